The Kier molecular flexibility index (Phi) is 4.52. The molecule has 3 N–H and O–H groups in total. The van der Waals surface area contributed by atoms with E-state index in [0.717, 1.165) is 42.4 Å². The molecule has 7 heteroatoms. The molecule has 0 aliphatic carbocycles. The number of thiophene rings is 1. The van der Waals surface area contributed by atoms with Crippen LogP contribution in [0.5, 0.6) is 0 Å². The first-order valence-electron chi connectivity index (χ1n) is 8.33. The lowest BCUT2D eigenvalue weighted by Gasteiger charge is -2.32. The van der Waals surface area contributed by atoms with Gasteiger partial charge in [0.1, 0.15) is 6.10 Å². The van der Waals surface area contributed by atoms with Gasteiger partial charge in [0.05, 0.1) is 29.1 Å². The van der Waals surface area contributed by atoms with E-state index in [4.69, 9.17) is 10.5 Å². The van der Waals surface area contributed by atoms with E-state index < -0.39 is 0 Å². The summed E-state index contributed by atoms with van der Waals surface area (Å²) in [5, 5.41) is 9.45. The van der Waals surface area contributed by atoms with Gasteiger partial charge >= 0.3 is 0 Å². The van der Waals surface area contributed by atoms with E-state index in [1.165, 1.54) is 10.4 Å². The minimum absolute atomic E-state index is 0.0481. The largest absolute Gasteiger partial charge is 0.399 e. The molecule has 3 aromatic heterocycles. The number of nitrogens with two attached hydrogens (primary N) is 1. The zero-order valence-corrected chi connectivity index (χ0v) is 14.9. The number of H-pyrrole nitrogens is 1. The van der Waals surface area contributed by atoms with E-state index in [-0.39, 0.29) is 6.10 Å². The highest BCUT2D eigenvalue weighted by Crippen LogP contribution is 2.28. The van der Waals surface area contributed by atoms with Gasteiger partial charge in [-0.2, -0.15) is 5.10 Å². The number of nitrogens with zero attached hydrogens (tertiary/aromatic N) is 3. The molecule has 1 aliphatic heterocycles. The zero-order chi connectivity index (χ0) is 17.2. The van der Waals surface area contributed by atoms with Gasteiger partial charge in [-0.15, -0.1) is 11.3 Å². The summed E-state index contributed by atoms with van der Waals surface area (Å²) in [6, 6.07) is 7.96. The Balaban J connectivity index is 1.50. The molecule has 130 valence electrons. The van der Waals surface area contributed by atoms with Crippen LogP contribution in [0.25, 0.3) is 10.6 Å². The van der Waals surface area contributed by atoms with Gasteiger partial charge in [-0.05, 0) is 30.5 Å². The quantitative estimate of drug-likeness (QED) is 0.752. The molecule has 1 aliphatic rings. The maximum atomic E-state index is 5.96. The van der Waals surface area contributed by atoms with Gasteiger partial charge in [-0.1, -0.05) is 6.07 Å². The smallest absolute Gasteiger partial charge is 0.112 e. The molecule has 1 fully saturated rings. The van der Waals surface area contributed by atoms with Crippen LogP contribution in [0.3, 0.4) is 0 Å². The number of anilines is 1. The summed E-state index contributed by atoms with van der Waals surface area (Å²) in [4.78, 5) is 8.20. The van der Waals surface area contributed by atoms with Crippen LogP contribution in [-0.2, 0) is 11.3 Å². The molecule has 4 rings (SSSR count). The third-order valence-electron chi connectivity index (χ3n) is 4.36. The normalized spacial score (nSPS) is 18.5. The molecule has 1 saturated heterocycles. The number of morpholine rings is 1. The molecule has 0 spiro atoms. The van der Waals surface area contributed by atoms with Crippen molar-refractivity contribution in [1.29, 1.82) is 0 Å². The molecule has 3 aromatic rings. The van der Waals surface area contributed by atoms with Crippen LogP contribution in [-0.4, -0.2) is 39.8 Å². The third kappa shape index (κ3) is 3.58. The van der Waals surface area contributed by atoms with Gasteiger partial charge < -0.3 is 10.5 Å². The molecule has 6 nitrogen and oxygen atoms in total. The topological polar surface area (TPSA) is 80.1 Å². The first-order chi connectivity index (χ1) is 12.2. The van der Waals surface area contributed by atoms with Crippen molar-refractivity contribution < 1.29 is 4.74 Å². The first-order valence-corrected chi connectivity index (χ1v) is 9.21. The maximum Gasteiger partial charge on any atom is 0.112 e. The van der Waals surface area contributed by atoms with Crippen LogP contribution in [0, 0.1) is 6.92 Å². The van der Waals surface area contributed by atoms with E-state index >= 15 is 0 Å². The highest BCUT2D eigenvalue weighted by molar-refractivity contribution is 7.13. The summed E-state index contributed by atoms with van der Waals surface area (Å²) in [6.07, 6.45) is 1.87. The molecule has 0 bridgehead atoms. The van der Waals surface area contributed by atoms with Gasteiger partial charge in [0.15, 0.2) is 0 Å². The van der Waals surface area contributed by atoms with Crippen molar-refractivity contribution in [3.63, 3.8) is 0 Å². The van der Waals surface area contributed by atoms with Crippen LogP contribution < -0.4 is 5.73 Å². The molecule has 25 heavy (non-hydrogen) atoms. The highest BCUT2D eigenvalue weighted by Gasteiger charge is 2.24. The van der Waals surface area contributed by atoms with Gasteiger partial charge in [0.2, 0.25) is 0 Å². The highest BCUT2D eigenvalue weighted by atomic mass is 32.1. The number of rotatable bonds is 4. The van der Waals surface area contributed by atoms with Crippen LogP contribution in [0.4, 0.5) is 5.69 Å². The number of aromatic amines is 1. The van der Waals surface area contributed by atoms with Crippen molar-refractivity contribution >= 4 is 17.0 Å². The molecule has 4 heterocycles. The predicted molar refractivity (Wildman–Crippen MR) is 99.3 cm³/mol. The molecule has 0 saturated carbocycles. The lowest BCUT2D eigenvalue weighted by atomic mass is 10.1. The number of pyridine rings is 1. The Morgan fingerprint density at radius 1 is 1.44 bits per heavy atom. The van der Waals surface area contributed by atoms with Crippen LogP contribution in [0.15, 0.2) is 35.8 Å². The van der Waals surface area contributed by atoms with Crippen molar-refractivity contribution in [2.75, 3.05) is 25.4 Å². The Hall–Kier alpha value is -2.22. The second-order valence-electron chi connectivity index (χ2n) is 6.31. The van der Waals surface area contributed by atoms with Crippen molar-refractivity contribution in [2.24, 2.45) is 0 Å². The Morgan fingerprint density at radius 3 is 3.16 bits per heavy atom. The van der Waals surface area contributed by atoms with Crippen LogP contribution >= 0.6 is 11.3 Å². The fourth-order valence-electron chi connectivity index (χ4n) is 3.22. The summed E-state index contributed by atoms with van der Waals surface area (Å²) in [5.74, 6) is 0. The molecular formula is C18H21N5OS. The second kappa shape index (κ2) is 6.95. The summed E-state index contributed by atoms with van der Waals surface area (Å²) in [5.41, 5.74) is 10.8. The van der Waals surface area contributed by atoms with Crippen molar-refractivity contribution in [2.45, 2.75) is 19.6 Å². The number of nitrogen functional groups attached to an aromatic ring is 1. The fraction of sp³-hybridized carbons (Fsp3) is 0.333. The zero-order valence-electron chi connectivity index (χ0n) is 14.1. The van der Waals surface area contributed by atoms with E-state index in [1.54, 1.807) is 11.3 Å². The fourth-order valence-corrected chi connectivity index (χ4v) is 3.97. The van der Waals surface area contributed by atoms with E-state index in [1.807, 2.05) is 25.3 Å². The van der Waals surface area contributed by atoms with Crippen LogP contribution in [0.1, 0.15) is 23.1 Å². The third-order valence-corrected chi connectivity index (χ3v) is 5.24. The summed E-state index contributed by atoms with van der Waals surface area (Å²) >= 11 is 1.72. The summed E-state index contributed by atoms with van der Waals surface area (Å²) in [7, 11) is 0. The Labute approximate surface area is 150 Å². The minimum Gasteiger partial charge on any atom is -0.399 e. The van der Waals surface area contributed by atoms with Gasteiger partial charge in [0, 0.05) is 36.6 Å². The summed E-state index contributed by atoms with van der Waals surface area (Å²) < 4.78 is 5.94. The lowest BCUT2D eigenvalue weighted by molar-refractivity contribution is -0.0349. The maximum absolute atomic E-state index is 5.96. The van der Waals surface area contributed by atoms with Gasteiger partial charge in [0.25, 0.3) is 0 Å². The van der Waals surface area contributed by atoms with Gasteiger partial charge in [-0.25, -0.2) is 0 Å². The number of ether oxygens (including phenoxy) is 1. The van der Waals surface area contributed by atoms with Crippen molar-refractivity contribution in [3.8, 4) is 10.6 Å². The average molecular weight is 355 g/mol. The molecule has 1 atom stereocenters. The Bertz CT molecular complexity index is 825. The van der Waals surface area contributed by atoms with E-state index in [2.05, 4.69) is 37.6 Å². The van der Waals surface area contributed by atoms with Crippen LogP contribution in [0.2, 0.25) is 0 Å². The second-order valence-corrected chi connectivity index (χ2v) is 7.26. The standard InChI is InChI=1S/C18H21N5OS/c1-12-7-14(19)8-15(21-12)16-11-23(4-5-24-16)10-13-9-20-22-18(13)17-3-2-6-25-17/h2-3,6-9,16H,4-5,10-11H2,1H3,(H2,19,21)(H,20,22)/t16-/m1/s1. The molecule has 0 aromatic carbocycles. The monoisotopic (exact) mass is 355 g/mol. The summed E-state index contributed by atoms with van der Waals surface area (Å²) in [6.45, 7) is 5.17. The molecule has 0 radical (unpaired) electrons. The van der Waals surface area contributed by atoms with E-state index in [0.29, 0.717) is 6.61 Å². The first kappa shape index (κ1) is 16.3. The number of aryl methyl sites for hydroxylation is 1. The number of nitrogens with one attached hydrogen (secondary N) is 1. The number of hydrogen-bond donors (Lipinski definition) is 2. The molecule has 0 unspecified atom stereocenters. The Morgan fingerprint density at radius 2 is 2.36 bits per heavy atom. The SMILES string of the molecule is Cc1cc(N)cc([C@H]2CN(Cc3cn[nH]c3-c3cccs3)CCO2)n1. The average Bonchev–Trinajstić information content (AvgIpc) is 3.25. The molecule has 0 amide bonds. The van der Waals surface area contributed by atoms with Crippen molar-refractivity contribution in [3.05, 3.63) is 52.8 Å². The minimum atomic E-state index is -0.0481. The number of aromatic nitrogens is 3. The predicted octanol–water partition coefficient (Wildman–Crippen LogP) is 3.00. The number of hydrogen-bond acceptors (Lipinski definition) is 6. The molecular weight excluding hydrogens is 334 g/mol. The lowest BCUT2D eigenvalue weighted by Crippen LogP contribution is -2.38. The van der Waals surface area contributed by atoms with Crippen molar-refractivity contribution in [1.82, 2.24) is 20.1 Å². The van der Waals surface area contributed by atoms with Gasteiger partial charge in [-0.3, -0.25) is 15.0 Å². The van der Waals surface area contributed by atoms with E-state index in [9.17, 15) is 0 Å².